The molecule has 3 aromatic rings. The lowest BCUT2D eigenvalue weighted by Gasteiger charge is -2.03. The summed E-state index contributed by atoms with van der Waals surface area (Å²) in [4.78, 5) is 12.0. The predicted molar refractivity (Wildman–Crippen MR) is 77.4 cm³/mol. The van der Waals surface area contributed by atoms with Gasteiger partial charge < -0.3 is 9.15 Å². The van der Waals surface area contributed by atoms with Gasteiger partial charge in [-0.3, -0.25) is 4.79 Å². The Balaban J connectivity index is 1.75. The lowest BCUT2D eigenvalue weighted by Crippen LogP contribution is -2.10. The number of rotatable bonds is 4. The molecule has 1 aromatic heterocycles. The minimum absolute atomic E-state index is 0.0732. The lowest BCUT2D eigenvalue weighted by molar-refractivity contribution is 0.0895. The van der Waals surface area contributed by atoms with Gasteiger partial charge in [-0.1, -0.05) is 23.7 Å². The highest BCUT2D eigenvalue weighted by Crippen LogP contribution is 2.22. The molecule has 0 unspecified atom stereocenters. The molecule has 0 atom stereocenters. The van der Waals surface area contributed by atoms with Gasteiger partial charge in [-0.25, -0.2) is 4.39 Å². The molecule has 0 bridgehead atoms. The number of carbonyl (C=O) groups excluding carboxylic acids is 1. The third-order valence-corrected chi connectivity index (χ3v) is 3.21. The smallest absolute Gasteiger partial charge is 0.235 e. The van der Waals surface area contributed by atoms with E-state index < -0.39 is 5.82 Å². The first-order valence-electron chi connectivity index (χ1n) is 6.23. The minimum atomic E-state index is -0.495. The monoisotopic (exact) mass is 304 g/mol. The molecule has 0 radical (unpaired) electrons. The fourth-order valence-electron chi connectivity index (χ4n) is 1.92. The summed E-state index contributed by atoms with van der Waals surface area (Å²) in [5, 5.41) is 1.13. The van der Waals surface area contributed by atoms with E-state index in [4.69, 9.17) is 20.8 Å². The topological polar surface area (TPSA) is 39.4 Å². The van der Waals surface area contributed by atoms with Crippen LogP contribution in [0.3, 0.4) is 0 Å². The summed E-state index contributed by atoms with van der Waals surface area (Å²) in [7, 11) is 0. The number of halogens is 2. The Hall–Kier alpha value is -2.33. The van der Waals surface area contributed by atoms with Crippen molar-refractivity contribution >= 4 is 28.4 Å². The molecule has 5 heteroatoms. The number of benzene rings is 2. The van der Waals surface area contributed by atoms with Crippen LogP contribution in [0, 0.1) is 5.82 Å². The number of ether oxygens (including phenoxy) is 1. The van der Waals surface area contributed by atoms with Crippen LogP contribution in [0.4, 0.5) is 4.39 Å². The van der Waals surface area contributed by atoms with E-state index >= 15 is 0 Å². The van der Waals surface area contributed by atoms with E-state index in [1.165, 1.54) is 12.1 Å². The minimum Gasteiger partial charge on any atom is -0.485 e. The van der Waals surface area contributed by atoms with E-state index in [1.54, 1.807) is 36.4 Å². The van der Waals surface area contributed by atoms with Crippen molar-refractivity contribution in [1.82, 2.24) is 0 Å². The van der Waals surface area contributed by atoms with Gasteiger partial charge in [-0.15, -0.1) is 0 Å². The van der Waals surface area contributed by atoms with E-state index in [9.17, 15) is 9.18 Å². The second-order valence-electron chi connectivity index (χ2n) is 4.43. The molecular formula is C16H10ClFO3. The lowest BCUT2D eigenvalue weighted by atomic mass is 10.2. The SMILES string of the molecule is O=C(COc1ccc(Cl)cc1)c1cc2cccc(F)c2o1. The molecule has 3 rings (SSSR count). The Morgan fingerprint density at radius 3 is 2.67 bits per heavy atom. The summed E-state index contributed by atoms with van der Waals surface area (Å²) in [6.45, 7) is -0.191. The van der Waals surface area contributed by atoms with E-state index in [0.717, 1.165) is 0 Å². The van der Waals surface area contributed by atoms with Crippen molar-refractivity contribution in [2.24, 2.45) is 0 Å². The van der Waals surface area contributed by atoms with Gasteiger partial charge in [0.1, 0.15) is 5.75 Å². The molecule has 0 saturated carbocycles. The van der Waals surface area contributed by atoms with Crippen LogP contribution < -0.4 is 4.74 Å². The maximum Gasteiger partial charge on any atom is 0.235 e. The molecule has 0 aliphatic carbocycles. The molecule has 0 saturated heterocycles. The van der Waals surface area contributed by atoms with Crippen molar-refractivity contribution in [3.05, 3.63) is 65.1 Å². The molecule has 0 spiro atoms. The molecule has 0 N–H and O–H groups in total. The van der Waals surface area contributed by atoms with Crippen molar-refractivity contribution in [2.45, 2.75) is 0 Å². The Morgan fingerprint density at radius 2 is 1.95 bits per heavy atom. The Kier molecular flexibility index (Phi) is 3.62. The van der Waals surface area contributed by atoms with Crippen LogP contribution in [0.5, 0.6) is 5.75 Å². The molecule has 1 heterocycles. The largest absolute Gasteiger partial charge is 0.485 e. The third-order valence-electron chi connectivity index (χ3n) is 2.95. The van der Waals surface area contributed by atoms with E-state index in [0.29, 0.717) is 16.2 Å². The highest BCUT2D eigenvalue weighted by molar-refractivity contribution is 6.30. The summed E-state index contributed by atoms with van der Waals surface area (Å²) in [5.74, 6) is -0.259. The first-order chi connectivity index (χ1) is 10.1. The fourth-order valence-corrected chi connectivity index (χ4v) is 2.04. The fraction of sp³-hybridized carbons (Fsp3) is 0.0625. The normalized spacial score (nSPS) is 10.8. The molecule has 0 fully saturated rings. The first kappa shape index (κ1) is 13.6. The summed E-state index contributed by atoms with van der Waals surface area (Å²) < 4.78 is 24.1. The van der Waals surface area contributed by atoms with E-state index in [-0.39, 0.29) is 23.7 Å². The number of carbonyl (C=O) groups is 1. The molecule has 3 nitrogen and oxygen atoms in total. The molecule has 0 amide bonds. The highest BCUT2D eigenvalue weighted by atomic mass is 35.5. The van der Waals surface area contributed by atoms with Crippen LogP contribution in [-0.4, -0.2) is 12.4 Å². The van der Waals surface area contributed by atoms with Crippen molar-refractivity contribution in [3.63, 3.8) is 0 Å². The maximum absolute atomic E-state index is 13.5. The molecule has 0 aliphatic rings. The molecule has 2 aromatic carbocycles. The number of furan rings is 1. The van der Waals surface area contributed by atoms with Gasteiger partial charge in [0, 0.05) is 10.4 Å². The summed E-state index contributed by atoms with van der Waals surface area (Å²) in [6.07, 6.45) is 0. The van der Waals surface area contributed by atoms with Gasteiger partial charge in [0.2, 0.25) is 5.78 Å². The second kappa shape index (κ2) is 5.58. The van der Waals surface area contributed by atoms with E-state index in [1.807, 2.05) is 0 Å². The van der Waals surface area contributed by atoms with Crippen molar-refractivity contribution < 1.29 is 18.3 Å². The number of hydrogen-bond acceptors (Lipinski definition) is 3. The number of fused-ring (bicyclic) bond motifs is 1. The average molecular weight is 305 g/mol. The summed E-state index contributed by atoms with van der Waals surface area (Å²) >= 11 is 5.76. The van der Waals surface area contributed by atoms with Crippen molar-refractivity contribution in [1.29, 1.82) is 0 Å². The number of ketones is 1. The van der Waals surface area contributed by atoms with Crippen LogP contribution in [-0.2, 0) is 0 Å². The Morgan fingerprint density at radius 1 is 1.19 bits per heavy atom. The molecule has 21 heavy (non-hydrogen) atoms. The van der Waals surface area contributed by atoms with Crippen LogP contribution in [0.15, 0.2) is 52.9 Å². The summed E-state index contributed by atoms with van der Waals surface area (Å²) in [5.41, 5.74) is 0.0762. The quantitative estimate of drug-likeness (QED) is 0.667. The molecular weight excluding hydrogens is 295 g/mol. The Bertz CT molecular complexity index is 793. The standard InChI is InChI=1S/C16H10ClFO3/c17-11-4-6-12(7-5-11)20-9-14(19)15-8-10-2-1-3-13(18)16(10)21-15/h1-8H,9H2. The number of hydrogen-bond donors (Lipinski definition) is 0. The second-order valence-corrected chi connectivity index (χ2v) is 4.87. The zero-order chi connectivity index (χ0) is 14.8. The van der Waals surface area contributed by atoms with Crippen LogP contribution in [0.1, 0.15) is 10.6 Å². The van der Waals surface area contributed by atoms with Crippen molar-refractivity contribution in [2.75, 3.05) is 6.61 Å². The highest BCUT2D eigenvalue weighted by Gasteiger charge is 2.15. The maximum atomic E-state index is 13.5. The number of para-hydroxylation sites is 1. The zero-order valence-corrected chi connectivity index (χ0v) is 11.6. The zero-order valence-electron chi connectivity index (χ0n) is 10.8. The third kappa shape index (κ3) is 2.90. The van der Waals surface area contributed by atoms with Crippen LogP contribution in [0.25, 0.3) is 11.0 Å². The predicted octanol–water partition coefficient (Wildman–Crippen LogP) is 4.49. The van der Waals surface area contributed by atoms with Crippen LogP contribution >= 0.6 is 11.6 Å². The first-order valence-corrected chi connectivity index (χ1v) is 6.61. The number of Topliss-reactive ketones (excluding diaryl/α,β-unsaturated/α-hetero) is 1. The van der Waals surface area contributed by atoms with Gasteiger partial charge in [0.15, 0.2) is 23.8 Å². The van der Waals surface area contributed by atoms with Crippen molar-refractivity contribution in [3.8, 4) is 5.75 Å². The van der Waals surface area contributed by atoms with Gasteiger partial charge in [-0.05, 0) is 36.4 Å². The summed E-state index contributed by atoms with van der Waals surface area (Å²) in [6, 6.07) is 12.7. The van der Waals surface area contributed by atoms with Crippen LogP contribution in [0.2, 0.25) is 5.02 Å². The van der Waals surface area contributed by atoms with Gasteiger partial charge >= 0.3 is 0 Å². The van der Waals surface area contributed by atoms with Gasteiger partial charge in [0.25, 0.3) is 0 Å². The van der Waals surface area contributed by atoms with E-state index in [2.05, 4.69) is 0 Å². The molecule has 0 aliphatic heterocycles. The molecule has 106 valence electrons. The van der Waals surface area contributed by atoms with Gasteiger partial charge in [0.05, 0.1) is 0 Å². The van der Waals surface area contributed by atoms with Gasteiger partial charge in [-0.2, -0.15) is 0 Å². The Labute approximate surface area is 124 Å². The average Bonchev–Trinajstić information content (AvgIpc) is 2.92.